The van der Waals surface area contributed by atoms with Crippen LogP contribution < -0.4 is 4.90 Å². The number of aromatic nitrogens is 4. The third kappa shape index (κ3) is 3.57. The molecule has 28 heavy (non-hydrogen) atoms. The van der Waals surface area contributed by atoms with Crippen molar-refractivity contribution in [1.82, 2.24) is 24.1 Å². The van der Waals surface area contributed by atoms with Crippen LogP contribution in [0.25, 0.3) is 5.78 Å². The van der Waals surface area contributed by atoms with Crippen LogP contribution >= 0.6 is 12.2 Å². The molecular weight excluding hydrogens is 372 g/mol. The highest BCUT2D eigenvalue weighted by molar-refractivity contribution is 7.71. The van der Waals surface area contributed by atoms with Crippen molar-refractivity contribution in [3.05, 3.63) is 52.1 Å². The molecule has 0 amide bonds. The summed E-state index contributed by atoms with van der Waals surface area (Å²) in [4.78, 5) is 25.1. The number of hydrogen-bond acceptors (Lipinski definition) is 6. The maximum absolute atomic E-state index is 11.4. The maximum Gasteiger partial charge on any atom is 0.252 e. The molecule has 146 valence electrons. The quantitative estimate of drug-likeness (QED) is 0.499. The number of Topliss-reactive ketones (excluding diaryl/α,β-unsaturated/α-hetero) is 1. The summed E-state index contributed by atoms with van der Waals surface area (Å²) >= 11 is 5.48. The van der Waals surface area contributed by atoms with Crippen LogP contribution in [0, 0.1) is 18.6 Å². The number of carbonyl (C=O) groups is 1. The van der Waals surface area contributed by atoms with E-state index in [1.807, 2.05) is 46.5 Å². The first-order valence-electron chi connectivity index (χ1n) is 9.44. The Morgan fingerprint density at radius 2 is 1.75 bits per heavy atom. The van der Waals surface area contributed by atoms with E-state index in [2.05, 4.69) is 26.7 Å². The summed E-state index contributed by atoms with van der Waals surface area (Å²) in [5.41, 5.74) is 3.94. The van der Waals surface area contributed by atoms with Gasteiger partial charge in [-0.15, -0.1) is 0 Å². The average molecular weight is 397 g/mol. The second-order valence-electron chi connectivity index (χ2n) is 7.29. The molecule has 1 aliphatic rings. The number of aryl methyl sites for hydroxylation is 2. The second-order valence-corrected chi connectivity index (χ2v) is 7.66. The van der Waals surface area contributed by atoms with Gasteiger partial charge in [-0.2, -0.15) is 4.98 Å². The minimum Gasteiger partial charge on any atom is -0.369 e. The second kappa shape index (κ2) is 7.44. The smallest absolute Gasteiger partial charge is 0.252 e. The minimum absolute atomic E-state index is 0.0983. The van der Waals surface area contributed by atoms with Crippen LogP contribution in [0.3, 0.4) is 0 Å². The first-order chi connectivity index (χ1) is 13.4. The summed E-state index contributed by atoms with van der Waals surface area (Å²) in [6, 6.07) is 9.91. The molecule has 1 aliphatic heterocycles. The van der Waals surface area contributed by atoms with E-state index in [1.54, 1.807) is 6.92 Å². The maximum atomic E-state index is 11.4. The van der Waals surface area contributed by atoms with Crippen molar-refractivity contribution in [2.45, 2.75) is 27.4 Å². The van der Waals surface area contributed by atoms with Crippen LogP contribution in [0.1, 0.15) is 28.7 Å². The van der Waals surface area contributed by atoms with E-state index in [-0.39, 0.29) is 5.78 Å². The fourth-order valence-electron chi connectivity index (χ4n) is 3.73. The number of ketones is 1. The predicted molar refractivity (Wildman–Crippen MR) is 112 cm³/mol. The molecule has 1 saturated heterocycles. The SMILES string of the molecule is CC(=O)c1ccc(N2CCN(Cn3c(=S)nc4nc(C)cc(C)n43)CC2)cc1. The van der Waals surface area contributed by atoms with Gasteiger partial charge in [0, 0.05) is 48.8 Å². The molecule has 0 saturated carbocycles. The fraction of sp³-hybridized carbons (Fsp3) is 0.400. The zero-order valence-electron chi connectivity index (χ0n) is 16.4. The first kappa shape index (κ1) is 18.8. The monoisotopic (exact) mass is 396 g/mol. The van der Waals surface area contributed by atoms with Gasteiger partial charge in [-0.1, -0.05) is 0 Å². The highest BCUT2D eigenvalue weighted by Gasteiger charge is 2.19. The summed E-state index contributed by atoms with van der Waals surface area (Å²) in [6.45, 7) is 10.0. The summed E-state index contributed by atoms with van der Waals surface area (Å²) in [5, 5.41) is 0. The van der Waals surface area contributed by atoms with Gasteiger partial charge in [-0.3, -0.25) is 9.69 Å². The van der Waals surface area contributed by atoms with E-state index in [0.717, 1.165) is 48.8 Å². The molecule has 1 aromatic carbocycles. The van der Waals surface area contributed by atoms with Gasteiger partial charge in [0.2, 0.25) is 4.77 Å². The van der Waals surface area contributed by atoms with Crippen LogP contribution in [-0.2, 0) is 6.67 Å². The van der Waals surface area contributed by atoms with Crippen molar-refractivity contribution in [3.8, 4) is 0 Å². The Bertz CT molecular complexity index is 1080. The van der Waals surface area contributed by atoms with Crippen molar-refractivity contribution in [2.24, 2.45) is 0 Å². The number of fused-ring (bicyclic) bond motifs is 1. The zero-order valence-corrected chi connectivity index (χ0v) is 17.2. The minimum atomic E-state index is 0.0983. The van der Waals surface area contributed by atoms with Crippen molar-refractivity contribution in [1.29, 1.82) is 0 Å². The predicted octanol–water partition coefficient (Wildman–Crippen LogP) is 2.86. The van der Waals surface area contributed by atoms with E-state index < -0.39 is 0 Å². The summed E-state index contributed by atoms with van der Waals surface area (Å²) in [6.07, 6.45) is 0. The fourth-order valence-corrected chi connectivity index (χ4v) is 3.95. The van der Waals surface area contributed by atoms with E-state index in [9.17, 15) is 4.79 Å². The van der Waals surface area contributed by atoms with Crippen LogP contribution in [-0.4, -0.2) is 56.0 Å². The Morgan fingerprint density at radius 3 is 2.39 bits per heavy atom. The molecule has 4 rings (SSSR count). The topological polar surface area (TPSA) is 58.7 Å². The lowest BCUT2D eigenvalue weighted by molar-refractivity contribution is 0.101. The first-order valence-corrected chi connectivity index (χ1v) is 9.85. The number of rotatable bonds is 4. The molecule has 2 aromatic heterocycles. The van der Waals surface area contributed by atoms with Crippen molar-refractivity contribution in [2.75, 3.05) is 31.1 Å². The molecule has 0 unspecified atom stereocenters. The van der Waals surface area contributed by atoms with Gasteiger partial charge >= 0.3 is 0 Å². The third-order valence-corrected chi connectivity index (χ3v) is 5.52. The number of hydrogen-bond donors (Lipinski definition) is 0. The standard InChI is InChI=1S/C20H24N6OS/c1-14-12-15(2)26-19(21-14)22-20(28)25(26)13-23-8-10-24(11-9-23)18-6-4-17(5-7-18)16(3)27/h4-7,12H,8-11,13H2,1-3H3. The highest BCUT2D eigenvalue weighted by Crippen LogP contribution is 2.18. The van der Waals surface area contributed by atoms with Crippen LogP contribution in [0.15, 0.2) is 30.3 Å². The number of nitrogens with zero attached hydrogens (tertiary/aromatic N) is 6. The molecule has 1 fully saturated rings. The van der Waals surface area contributed by atoms with Gasteiger partial charge in [0.1, 0.15) is 0 Å². The van der Waals surface area contributed by atoms with Gasteiger partial charge in [-0.05, 0) is 63.3 Å². The summed E-state index contributed by atoms with van der Waals surface area (Å²) in [7, 11) is 0. The van der Waals surface area contributed by atoms with Crippen molar-refractivity contribution < 1.29 is 4.79 Å². The highest BCUT2D eigenvalue weighted by atomic mass is 32.1. The largest absolute Gasteiger partial charge is 0.369 e. The Balaban J connectivity index is 1.46. The van der Waals surface area contributed by atoms with E-state index >= 15 is 0 Å². The Labute approximate surface area is 169 Å². The molecule has 0 aliphatic carbocycles. The Kier molecular flexibility index (Phi) is 4.99. The van der Waals surface area contributed by atoms with Gasteiger partial charge in [0.05, 0.1) is 6.67 Å². The van der Waals surface area contributed by atoms with E-state index in [4.69, 9.17) is 12.2 Å². The Morgan fingerprint density at radius 1 is 1.07 bits per heavy atom. The van der Waals surface area contributed by atoms with Crippen LogP contribution in [0.5, 0.6) is 0 Å². The van der Waals surface area contributed by atoms with Gasteiger partial charge in [0.25, 0.3) is 5.78 Å². The summed E-state index contributed by atoms with van der Waals surface area (Å²) in [5.74, 6) is 0.757. The molecule has 0 N–H and O–H groups in total. The zero-order chi connectivity index (χ0) is 19.8. The lowest BCUT2D eigenvalue weighted by Gasteiger charge is -2.36. The van der Waals surface area contributed by atoms with Gasteiger partial charge < -0.3 is 4.90 Å². The average Bonchev–Trinajstić information content (AvgIpc) is 2.97. The number of anilines is 1. The number of piperazine rings is 1. The Hall–Kier alpha value is -2.58. The van der Waals surface area contributed by atoms with Crippen LogP contribution in [0.2, 0.25) is 0 Å². The molecule has 3 heterocycles. The third-order valence-electron chi connectivity index (χ3n) is 5.22. The molecule has 0 bridgehead atoms. The lowest BCUT2D eigenvalue weighted by atomic mass is 10.1. The molecular formula is C20H24N6OS. The molecule has 0 spiro atoms. The summed E-state index contributed by atoms with van der Waals surface area (Å²) < 4.78 is 4.58. The number of benzene rings is 1. The van der Waals surface area contributed by atoms with Crippen molar-refractivity contribution >= 4 is 29.5 Å². The molecule has 7 nitrogen and oxygen atoms in total. The van der Waals surface area contributed by atoms with E-state index in [1.165, 1.54) is 0 Å². The van der Waals surface area contributed by atoms with Crippen molar-refractivity contribution in [3.63, 3.8) is 0 Å². The van der Waals surface area contributed by atoms with Gasteiger partial charge in [0.15, 0.2) is 5.78 Å². The molecule has 3 aromatic rings. The number of carbonyl (C=O) groups excluding carboxylic acids is 1. The molecule has 8 heteroatoms. The molecule has 0 atom stereocenters. The van der Waals surface area contributed by atoms with Gasteiger partial charge in [-0.25, -0.2) is 14.2 Å². The molecule has 0 radical (unpaired) electrons. The lowest BCUT2D eigenvalue weighted by Crippen LogP contribution is -2.47. The van der Waals surface area contributed by atoms with E-state index in [0.29, 0.717) is 17.2 Å². The van der Waals surface area contributed by atoms with Crippen LogP contribution in [0.4, 0.5) is 5.69 Å². The normalized spacial score (nSPS) is 15.3.